The van der Waals surface area contributed by atoms with Crippen LogP contribution in [-0.4, -0.2) is 12.9 Å². The van der Waals surface area contributed by atoms with Gasteiger partial charge in [-0.2, -0.15) is 0 Å². The summed E-state index contributed by atoms with van der Waals surface area (Å²) in [5.74, 6) is 0.981. The number of ketones is 1. The Kier molecular flexibility index (Phi) is 3.61. The van der Waals surface area contributed by atoms with Gasteiger partial charge in [0.25, 0.3) is 0 Å². The summed E-state index contributed by atoms with van der Waals surface area (Å²) in [5, 5.41) is 0. The number of carbonyl (C=O) groups is 1. The molecule has 21 heavy (non-hydrogen) atoms. The number of methoxy groups -OCH3 is 1. The third kappa shape index (κ3) is 2.62. The van der Waals surface area contributed by atoms with Crippen molar-refractivity contribution in [3.8, 4) is 5.75 Å². The average Bonchev–Trinajstić information content (AvgIpc) is 2.50. The van der Waals surface area contributed by atoms with E-state index in [1.54, 1.807) is 7.11 Å². The summed E-state index contributed by atoms with van der Waals surface area (Å²) in [7, 11) is 1.66. The van der Waals surface area contributed by atoms with E-state index in [0.29, 0.717) is 0 Å². The van der Waals surface area contributed by atoms with Crippen molar-refractivity contribution in [2.45, 2.75) is 19.8 Å². The monoisotopic (exact) mass is 278 g/mol. The lowest BCUT2D eigenvalue weighted by Gasteiger charge is -2.20. The second-order valence-electron chi connectivity index (χ2n) is 5.39. The fourth-order valence-electron chi connectivity index (χ4n) is 2.90. The highest BCUT2D eigenvalue weighted by Crippen LogP contribution is 2.32. The molecule has 0 N–H and O–H groups in total. The number of carbonyl (C=O) groups excluding carboxylic acids is 1. The maximum absolute atomic E-state index is 12.7. The van der Waals surface area contributed by atoms with E-state index in [4.69, 9.17) is 4.74 Å². The summed E-state index contributed by atoms with van der Waals surface area (Å²) in [4.78, 5) is 12.7. The molecular formula is C19H18O2. The molecular weight excluding hydrogens is 260 g/mol. The van der Waals surface area contributed by atoms with Crippen molar-refractivity contribution in [1.29, 1.82) is 0 Å². The van der Waals surface area contributed by atoms with Gasteiger partial charge in [-0.05, 0) is 54.7 Å². The van der Waals surface area contributed by atoms with E-state index in [2.05, 4.69) is 0 Å². The second-order valence-corrected chi connectivity index (χ2v) is 5.39. The SMILES string of the molecule is COc1cc(C)c2c(c1)CCC(=Cc1ccccc1)C2=O. The lowest BCUT2D eigenvalue weighted by Crippen LogP contribution is -2.16. The van der Waals surface area contributed by atoms with E-state index in [9.17, 15) is 4.79 Å². The molecule has 106 valence electrons. The van der Waals surface area contributed by atoms with Crippen LogP contribution in [0, 0.1) is 6.92 Å². The molecule has 2 aromatic carbocycles. The molecule has 1 aliphatic rings. The summed E-state index contributed by atoms with van der Waals surface area (Å²) in [6.45, 7) is 1.98. The van der Waals surface area contributed by atoms with Gasteiger partial charge in [-0.1, -0.05) is 30.3 Å². The minimum absolute atomic E-state index is 0.153. The summed E-state index contributed by atoms with van der Waals surface area (Å²) >= 11 is 0. The van der Waals surface area contributed by atoms with Crippen LogP contribution >= 0.6 is 0 Å². The molecule has 0 fully saturated rings. The predicted octanol–water partition coefficient (Wildman–Crippen LogP) is 4.22. The van der Waals surface area contributed by atoms with Gasteiger partial charge in [-0.3, -0.25) is 4.79 Å². The van der Waals surface area contributed by atoms with Crippen LogP contribution in [0.4, 0.5) is 0 Å². The van der Waals surface area contributed by atoms with Gasteiger partial charge < -0.3 is 4.74 Å². The zero-order chi connectivity index (χ0) is 14.8. The summed E-state index contributed by atoms with van der Waals surface area (Å²) < 4.78 is 5.29. The molecule has 0 heterocycles. The first-order valence-electron chi connectivity index (χ1n) is 7.17. The number of rotatable bonds is 2. The number of Topliss-reactive ketones (excluding diaryl/α,β-unsaturated/α-hetero) is 1. The Labute approximate surface area is 125 Å². The normalized spacial score (nSPS) is 15.9. The predicted molar refractivity (Wildman–Crippen MR) is 84.8 cm³/mol. The topological polar surface area (TPSA) is 26.3 Å². The van der Waals surface area contributed by atoms with Gasteiger partial charge in [-0.15, -0.1) is 0 Å². The van der Waals surface area contributed by atoms with Gasteiger partial charge in [0.05, 0.1) is 7.11 Å². The molecule has 0 amide bonds. The van der Waals surface area contributed by atoms with E-state index >= 15 is 0 Å². The Balaban J connectivity index is 2.02. The molecule has 0 unspecified atom stereocenters. The molecule has 0 aliphatic heterocycles. The average molecular weight is 278 g/mol. The molecule has 2 aromatic rings. The molecule has 0 bridgehead atoms. The van der Waals surface area contributed by atoms with Gasteiger partial charge >= 0.3 is 0 Å². The third-order valence-corrected chi connectivity index (χ3v) is 3.95. The van der Waals surface area contributed by atoms with Crippen LogP contribution in [0.3, 0.4) is 0 Å². The van der Waals surface area contributed by atoms with Crippen molar-refractivity contribution in [1.82, 2.24) is 0 Å². The van der Waals surface area contributed by atoms with Crippen molar-refractivity contribution < 1.29 is 9.53 Å². The lowest BCUT2D eigenvalue weighted by atomic mass is 9.83. The third-order valence-electron chi connectivity index (χ3n) is 3.95. The van der Waals surface area contributed by atoms with E-state index in [1.165, 1.54) is 0 Å². The zero-order valence-electron chi connectivity index (χ0n) is 12.3. The van der Waals surface area contributed by atoms with E-state index in [0.717, 1.165) is 46.4 Å². The fraction of sp³-hybridized carbons (Fsp3) is 0.211. The maximum atomic E-state index is 12.7. The van der Waals surface area contributed by atoms with Crippen LogP contribution in [0.1, 0.15) is 33.5 Å². The first-order chi connectivity index (χ1) is 10.2. The number of benzene rings is 2. The van der Waals surface area contributed by atoms with Gasteiger partial charge in [-0.25, -0.2) is 0 Å². The Morgan fingerprint density at radius 1 is 1.10 bits per heavy atom. The molecule has 1 aliphatic carbocycles. The van der Waals surface area contributed by atoms with Crippen molar-refractivity contribution >= 4 is 11.9 Å². The molecule has 0 saturated heterocycles. The summed E-state index contributed by atoms with van der Waals surface area (Å²) in [6.07, 6.45) is 3.68. The molecule has 2 nitrogen and oxygen atoms in total. The fourth-order valence-corrected chi connectivity index (χ4v) is 2.90. The number of ether oxygens (including phenoxy) is 1. The van der Waals surface area contributed by atoms with Crippen LogP contribution in [0.25, 0.3) is 6.08 Å². The van der Waals surface area contributed by atoms with Gasteiger partial charge in [0, 0.05) is 11.1 Å². The van der Waals surface area contributed by atoms with Crippen LogP contribution < -0.4 is 4.74 Å². The molecule has 0 aromatic heterocycles. The minimum atomic E-state index is 0.153. The first kappa shape index (κ1) is 13.6. The highest BCUT2D eigenvalue weighted by atomic mass is 16.5. The van der Waals surface area contributed by atoms with E-state index in [1.807, 2.05) is 55.5 Å². The molecule has 0 radical (unpaired) electrons. The van der Waals surface area contributed by atoms with Gasteiger partial charge in [0.15, 0.2) is 5.78 Å². The lowest BCUT2D eigenvalue weighted by molar-refractivity contribution is 0.102. The van der Waals surface area contributed by atoms with Crippen LogP contribution in [0.2, 0.25) is 0 Å². The van der Waals surface area contributed by atoms with Crippen molar-refractivity contribution in [3.05, 3.63) is 70.3 Å². The standard InChI is InChI=1S/C19H18O2/c1-13-10-17(21-2)12-15-8-9-16(19(20)18(13)15)11-14-6-4-3-5-7-14/h3-7,10-12H,8-9H2,1-2H3. The maximum Gasteiger partial charge on any atom is 0.189 e. The quantitative estimate of drug-likeness (QED) is 0.769. The Hall–Kier alpha value is -2.35. The number of allylic oxidation sites excluding steroid dienone is 1. The Bertz CT molecular complexity index is 712. The molecule has 0 spiro atoms. The highest BCUT2D eigenvalue weighted by Gasteiger charge is 2.24. The van der Waals surface area contributed by atoms with Crippen LogP contribution in [-0.2, 0) is 6.42 Å². The van der Waals surface area contributed by atoms with Gasteiger partial charge in [0.2, 0.25) is 0 Å². The Morgan fingerprint density at radius 3 is 2.57 bits per heavy atom. The number of aryl methyl sites for hydroxylation is 2. The summed E-state index contributed by atoms with van der Waals surface area (Å²) in [6, 6.07) is 13.9. The Morgan fingerprint density at radius 2 is 1.86 bits per heavy atom. The van der Waals surface area contributed by atoms with Crippen molar-refractivity contribution in [2.24, 2.45) is 0 Å². The van der Waals surface area contributed by atoms with Crippen molar-refractivity contribution in [3.63, 3.8) is 0 Å². The minimum Gasteiger partial charge on any atom is -0.497 e. The molecule has 3 rings (SSSR count). The smallest absolute Gasteiger partial charge is 0.189 e. The van der Waals surface area contributed by atoms with Crippen LogP contribution in [0.5, 0.6) is 5.75 Å². The molecule has 0 saturated carbocycles. The van der Waals surface area contributed by atoms with Crippen LogP contribution in [0.15, 0.2) is 48.0 Å². The van der Waals surface area contributed by atoms with Crippen molar-refractivity contribution in [2.75, 3.05) is 7.11 Å². The number of hydrogen-bond donors (Lipinski definition) is 0. The highest BCUT2D eigenvalue weighted by molar-refractivity contribution is 6.14. The zero-order valence-corrected chi connectivity index (χ0v) is 12.3. The largest absolute Gasteiger partial charge is 0.497 e. The molecule has 0 atom stereocenters. The number of hydrogen-bond acceptors (Lipinski definition) is 2. The number of fused-ring (bicyclic) bond motifs is 1. The van der Waals surface area contributed by atoms with E-state index < -0.39 is 0 Å². The second kappa shape index (κ2) is 5.57. The van der Waals surface area contributed by atoms with E-state index in [-0.39, 0.29) is 5.78 Å². The summed E-state index contributed by atoms with van der Waals surface area (Å²) in [5.41, 5.74) is 4.91. The first-order valence-corrected chi connectivity index (χ1v) is 7.17. The molecule has 2 heteroatoms. The van der Waals surface area contributed by atoms with Gasteiger partial charge in [0.1, 0.15) is 5.75 Å².